The summed E-state index contributed by atoms with van der Waals surface area (Å²) in [7, 11) is 0. The van der Waals surface area contributed by atoms with Gasteiger partial charge in [0, 0.05) is 6.61 Å². The lowest BCUT2D eigenvalue weighted by Crippen LogP contribution is -2.26. The third-order valence-electron chi connectivity index (χ3n) is 2.98. The highest BCUT2D eigenvalue weighted by molar-refractivity contribution is 5.25. The standard InChI is InChI=1S/C16H27NO/c1-5-14-7-9-15(10-8-14)16(17-6-2)12-18-11-13(3)4/h7-10,13,16-17H,5-6,11-12H2,1-4H3. The second-order valence-corrected chi connectivity index (χ2v) is 5.14. The van der Waals surface area contributed by atoms with Gasteiger partial charge in [0.1, 0.15) is 0 Å². The summed E-state index contributed by atoms with van der Waals surface area (Å²) in [6, 6.07) is 9.15. The average Bonchev–Trinajstić information content (AvgIpc) is 2.37. The molecular formula is C16H27NO. The van der Waals surface area contributed by atoms with Crippen LogP contribution in [0.1, 0.15) is 44.9 Å². The molecule has 1 rings (SSSR count). The Balaban J connectivity index is 2.58. The smallest absolute Gasteiger partial charge is 0.0661 e. The third kappa shape index (κ3) is 5.19. The lowest BCUT2D eigenvalue weighted by atomic mass is 10.0. The van der Waals surface area contributed by atoms with Gasteiger partial charge in [-0.2, -0.15) is 0 Å². The molecule has 0 radical (unpaired) electrons. The van der Waals surface area contributed by atoms with Crippen LogP contribution in [0, 0.1) is 5.92 Å². The normalized spacial score (nSPS) is 12.9. The Bertz CT molecular complexity index is 318. The average molecular weight is 249 g/mol. The van der Waals surface area contributed by atoms with Gasteiger partial charge < -0.3 is 10.1 Å². The Morgan fingerprint density at radius 3 is 2.22 bits per heavy atom. The van der Waals surface area contributed by atoms with Gasteiger partial charge in [0.25, 0.3) is 0 Å². The molecule has 0 heterocycles. The minimum Gasteiger partial charge on any atom is -0.379 e. The van der Waals surface area contributed by atoms with Crippen molar-refractivity contribution in [3.63, 3.8) is 0 Å². The van der Waals surface area contributed by atoms with E-state index in [0.717, 1.165) is 26.2 Å². The Morgan fingerprint density at radius 1 is 1.06 bits per heavy atom. The minimum absolute atomic E-state index is 0.305. The first-order valence-corrected chi connectivity index (χ1v) is 7.07. The maximum absolute atomic E-state index is 5.76. The van der Waals surface area contributed by atoms with Crippen LogP contribution in [-0.2, 0) is 11.2 Å². The molecule has 1 aromatic rings. The Morgan fingerprint density at radius 2 is 1.72 bits per heavy atom. The van der Waals surface area contributed by atoms with E-state index in [2.05, 4.69) is 57.3 Å². The van der Waals surface area contributed by atoms with Crippen LogP contribution >= 0.6 is 0 Å². The van der Waals surface area contributed by atoms with Crippen LogP contribution in [0.25, 0.3) is 0 Å². The van der Waals surface area contributed by atoms with Crippen molar-refractivity contribution < 1.29 is 4.74 Å². The monoisotopic (exact) mass is 249 g/mol. The van der Waals surface area contributed by atoms with E-state index in [-0.39, 0.29) is 0 Å². The summed E-state index contributed by atoms with van der Waals surface area (Å²) in [5.74, 6) is 0.592. The highest BCUT2D eigenvalue weighted by Gasteiger charge is 2.10. The molecule has 0 aliphatic rings. The zero-order valence-electron chi connectivity index (χ0n) is 12.2. The first-order chi connectivity index (χ1) is 8.67. The van der Waals surface area contributed by atoms with Crippen LogP contribution in [0.5, 0.6) is 0 Å². The van der Waals surface area contributed by atoms with Gasteiger partial charge in [-0.1, -0.05) is 52.0 Å². The fourth-order valence-corrected chi connectivity index (χ4v) is 1.93. The minimum atomic E-state index is 0.305. The molecule has 1 atom stereocenters. The summed E-state index contributed by atoms with van der Waals surface area (Å²) < 4.78 is 5.76. The number of benzene rings is 1. The lowest BCUT2D eigenvalue weighted by molar-refractivity contribution is 0.0905. The van der Waals surface area contributed by atoms with Crippen LogP contribution in [0.2, 0.25) is 0 Å². The number of nitrogens with one attached hydrogen (secondary N) is 1. The molecule has 18 heavy (non-hydrogen) atoms. The molecule has 0 aliphatic carbocycles. The summed E-state index contributed by atoms with van der Waals surface area (Å²) in [4.78, 5) is 0. The largest absolute Gasteiger partial charge is 0.379 e. The maximum Gasteiger partial charge on any atom is 0.0661 e. The first-order valence-electron chi connectivity index (χ1n) is 7.07. The molecule has 0 aromatic heterocycles. The van der Waals surface area contributed by atoms with Crippen molar-refractivity contribution in [1.82, 2.24) is 5.32 Å². The predicted molar refractivity (Wildman–Crippen MR) is 77.9 cm³/mol. The molecular weight excluding hydrogens is 222 g/mol. The topological polar surface area (TPSA) is 21.3 Å². The van der Waals surface area contributed by atoms with E-state index in [1.165, 1.54) is 11.1 Å². The summed E-state index contributed by atoms with van der Waals surface area (Å²) in [6.45, 7) is 11.2. The SMILES string of the molecule is CCNC(COCC(C)C)c1ccc(CC)cc1. The van der Waals surface area contributed by atoms with Gasteiger partial charge in [-0.3, -0.25) is 0 Å². The fraction of sp³-hybridized carbons (Fsp3) is 0.625. The molecule has 0 bridgehead atoms. The molecule has 0 fully saturated rings. The zero-order valence-corrected chi connectivity index (χ0v) is 12.2. The lowest BCUT2D eigenvalue weighted by Gasteiger charge is -2.19. The molecule has 0 saturated carbocycles. The number of hydrogen-bond donors (Lipinski definition) is 1. The molecule has 1 aromatic carbocycles. The highest BCUT2D eigenvalue weighted by atomic mass is 16.5. The predicted octanol–water partition coefficient (Wildman–Crippen LogP) is 3.57. The summed E-state index contributed by atoms with van der Waals surface area (Å²) in [6.07, 6.45) is 1.09. The van der Waals surface area contributed by atoms with Gasteiger partial charge in [0.15, 0.2) is 0 Å². The van der Waals surface area contributed by atoms with Crippen LogP contribution in [0.3, 0.4) is 0 Å². The van der Waals surface area contributed by atoms with Crippen LogP contribution in [0.15, 0.2) is 24.3 Å². The molecule has 0 amide bonds. The highest BCUT2D eigenvalue weighted by Crippen LogP contribution is 2.15. The van der Waals surface area contributed by atoms with Crippen LogP contribution in [-0.4, -0.2) is 19.8 Å². The second kappa shape index (κ2) is 8.28. The number of ether oxygens (including phenoxy) is 1. The molecule has 1 unspecified atom stereocenters. The fourth-order valence-electron chi connectivity index (χ4n) is 1.93. The summed E-state index contributed by atoms with van der Waals surface area (Å²) in [5, 5.41) is 3.49. The van der Waals surface area contributed by atoms with Crippen molar-refractivity contribution in [3.8, 4) is 0 Å². The Hall–Kier alpha value is -0.860. The number of rotatable bonds is 8. The van der Waals surface area contributed by atoms with Gasteiger partial charge in [-0.05, 0) is 30.0 Å². The van der Waals surface area contributed by atoms with E-state index in [4.69, 9.17) is 4.74 Å². The molecule has 0 spiro atoms. The molecule has 102 valence electrons. The Kier molecular flexibility index (Phi) is 6.99. The van der Waals surface area contributed by atoms with Crippen molar-refractivity contribution >= 4 is 0 Å². The molecule has 0 saturated heterocycles. The van der Waals surface area contributed by atoms with Crippen LogP contribution in [0.4, 0.5) is 0 Å². The van der Waals surface area contributed by atoms with Gasteiger partial charge in [0.05, 0.1) is 12.6 Å². The number of hydrogen-bond acceptors (Lipinski definition) is 2. The van der Waals surface area contributed by atoms with E-state index in [1.807, 2.05) is 0 Å². The van der Waals surface area contributed by atoms with Gasteiger partial charge >= 0.3 is 0 Å². The van der Waals surface area contributed by atoms with E-state index < -0.39 is 0 Å². The van der Waals surface area contributed by atoms with E-state index >= 15 is 0 Å². The summed E-state index contributed by atoms with van der Waals surface area (Å²) in [5.41, 5.74) is 2.70. The molecule has 1 N–H and O–H groups in total. The third-order valence-corrected chi connectivity index (χ3v) is 2.98. The molecule has 2 nitrogen and oxygen atoms in total. The number of aryl methyl sites for hydroxylation is 1. The summed E-state index contributed by atoms with van der Waals surface area (Å²) >= 11 is 0. The Labute approximate surface area is 112 Å². The van der Waals surface area contributed by atoms with Crippen molar-refractivity contribution in [1.29, 1.82) is 0 Å². The van der Waals surface area contributed by atoms with E-state index in [1.54, 1.807) is 0 Å². The quantitative estimate of drug-likeness (QED) is 0.760. The van der Waals surface area contributed by atoms with Crippen molar-refractivity contribution in [2.24, 2.45) is 5.92 Å². The van der Waals surface area contributed by atoms with Gasteiger partial charge in [-0.25, -0.2) is 0 Å². The van der Waals surface area contributed by atoms with Gasteiger partial charge in [-0.15, -0.1) is 0 Å². The van der Waals surface area contributed by atoms with Gasteiger partial charge in [0.2, 0.25) is 0 Å². The zero-order chi connectivity index (χ0) is 13.4. The van der Waals surface area contributed by atoms with Crippen molar-refractivity contribution in [2.45, 2.75) is 40.2 Å². The van der Waals surface area contributed by atoms with Crippen molar-refractivity contribution in [3.05, 3.63) is 35.4 Å². The van der Waals surface area contributed by atoms with E-state index in [0.29, 0.717) is 12.0 Å². The van der Waals surface area contributed by atoms with Crippen molar-refractivity contribution in [2.75, 3.05) is 19.8 Å². The maximum atomic E-state index is 5.76. The molecule has 2 heteroatoms. The second-order valence-electron chi connectivity index (χ2n) is 5.14. The van der Waals surface area contributed by atoms with E-state index in [9.17, 15) is 0 Å². The van der Waals surface area contributed by atoms with Crippen LogP contribution < -0.4 is 5.32 Å². The first kappa shape index (κ1) is 15.2. The molecule has 0 aliphatic heterocycles. The number of likely N-dealkylation sites (N-methyl/N-ethyl adjacent to an activating group) is 1.